The van der Waals surface area contributed by atoms with Gasteiger partial charge in [-0.1, -0.05) is 35.9 Å². The lowest BCUT2D eigenvalue weighted by Crippen LogP contribution is -2.29. The van der Waals surface area contributed by atoms with E-state index in [2.05, 4.69) is 21.4 Å². The summed E-state index contributed by atoms with van der Waals surface area (Å²) in [5.74, 6) is 5.34. The number of hydrogen-bond acceptors (Lipinski definition) is 2. The minimum Gasteiger partial charge on any atom is -0.271 e. The van der Waals surface area contributed by atoms with Gasteiger partial charge in [0.1, 0.15) is 5.82 Å². The Morgan fingerprint density at radius 3 is 2.63 bits per heavy atom. The molecule has 0 aliphatic carbocycles. The van der Waals surface area contributed by atoms with Gasteiger partial charge in [0, 0.05) is 4.47 Å². The SMILES string of the molecule is NNC(Cc1ccccc1F)c1ccc(Cl)c(Br)c1. The van der Waals surface area contributed by atoms with E-state index in [1.165, 1.54) is 6.07 Å². The molecular weight excluding hydrogens is 331 g/mol. The summed E-state index contributed by atoms with van der Waals surface area (Å²) in [7, 11) is 0. The Hall–Kier alpha value is -0.940. The Labute approximate surface area is 124 Å². The van der Waals surface area contributed by atoms with E-state index < -0.39 is 0 Å². The molecule has 2 aromatic carbocycles. The summed E-state index contributed by atoms with van der Waals surface area (Å²) < 4.78 is 14.4. The van der Waals surface area contributed by atoms with Crippen LogP contribution in [0.3, 0.4) is 0 Å². The molecule has 0 saturated heterocycles. The quantitative estimate of drug-likeness (QED) is 0.651. The molecule has 0 amide bonds. The molecule has 1 atom stereocenters. The Morgan fingerprint density at radius 1 is 1.26 bits per heavy atom. The number of halogens is 3. The molecule has 2 rings (SSSR count). The maximum Gasteiger partial charge on any atom is 0.126 e. The summed E-state index contributed by atoms with van der Waals surface area (Å²) in [6.07, 6.45) is 0.469. The largest absolute Gasteiger partial charge is 0.271 e. The monoisotopic (exact) mass is 342 g/mol. The number of hydrazine groups is 1. The van der Waals surface area contributed by atoms with Crippen LogP contribution in [0.5, 0.6) is 0 Å². The van der Waals surface area contributed by atoms with Crippen molar-refractivity contribution in [2.45, 2.75) is 12.5 Å². The Morgan fingerprint density at radius 2 is 2.00 bits per heavy atom. The molecule has 19 heavy (non-hydrogen) atoms. The second-order valence-corrected chi connectivity index (χ2v) is 5.45. The predicted molar refractivity (Wildman–Crippen MR) is 79.3 cm³/mol. The molecule has 0 aromatic heterocycles. The highest BCUT2D eigenvalue weighted by molar-refractivity contribution is 9.10. The second kappa shape index (κ2) is 6.48. The van der Waals surface area contributed by atoms with Crippen LogP contribution in [-0.4, -0.2) is 0 Å². The first-order valence-electron chi connectivity index (χ1n) is 5.76. The number of nitrogens with one attached hydrogen (secondary N) is 1. The van der Waals surface area contributed by atoms with Gasteiger partial charge in [-0.3, -0.25) is 11.3 Å². The highest BCUT2D eigenvalue weighted by Crippen LogP contribution is 2.27. The van der Waals surface area contributed by atoms with E-state index >= 15 is 0 Å². The molecule has 0 fully saturated rings. The fourth-order valence-corrected chi connectivity index (χ4v) is 2.40. The predicted octanol–water partition coefficient (Wildman–Crippen LogP) is 3.99. The van der Waals surface area contributed by atoms with E-state index in [9.17, 15) is 4.39 Å². The van der Waals surface area contributed by atoms with Gasteiger partial charge in [0.05, 0.1) is 11.1 Å². The standard InChI is InChI=1S/C14H13BrClFN2/c15-11-7-10(5-6-12(11)16)14(19-18)8-9-3-1-2-4-13(9)17/h1-7,14,19H,8,18H2. The zero-order valence-corrected chi connectivity index (χ0v) is 12.4. The van der Waals surface area contributed by atoms with Crippen LogP contribution in [0.25, 0.3) is 0 Å². The molecule has 0 heterocycles. The fraction of sp³-hybridized carbons (Fsp3) is 0.143. The van der Waals surface area contributed by atoms with Crippen LogP contribution in [-0.2, 0) is 6.42 Å². The normalized spacial score (nSPS) is 12.4. The van der Waals surface area contributed by atoms with Gasteiger partial charge in [-0.05, 0) is 51.7 Å². The molecule has 1 unspecified atom stereocenters. The summed E-state index contributed by atoms with van der Waals surface area (Å²) in [4.78, 5) is 0. The van der Waals surface area contributed by atoms with E-state index in [1.54, 1.807) is 18.2 Å². The van der Waals surface area contributed by atoms with Crippen molar-refractivity contribution in [3.63, 3.8) is 0 Å². The van der Waals surface area contributed by atoms with E-state index in [0.29, 0.717) is 17.0 Å². The molecule has 5 heteroatoms. The minimum absolute atomic E-state index is 0.175. The van der Waals surface area contributed by atoms with Crippen LogP contribution in [0, 0.1) is 5.82 Å². The van der Waals surface area contributed by atoms with Crippen molar-refractivity contribution < 1.29 is 4.39 Å². The third-order valence-corrected chi connectivity index (χ3v) is 4.14. The lowest BCUT2D eigenvalue weighted by Gasteiger charge is -2.17. The van der Waals surface area contributed by atoms with Crippen molar-refractivity contribution in [1.82, 2.24) is 5.43 Å². The number of nitrogens with two attached hydrogens (primary N) is 1. The molecule has 0 spiro atoms. The maximum absolute atomic E-state index is 13.6. The third-order valence-electron chi connectivity index (χ3n) is 2.93. The molecule has 0 bridgehead atoms. The molecular formula is C14H13BrClFN2. The Balaban J connectivity index is 2.25. The molecule has 0 aliphatic rings. The zero-order chi connectivity index (χ0) is 13.8. The highest BCUT2D eigenvalue weighted by Gasteiger charge is 2.14. The average Bonchev–Trinajstić information content (AvgIpc) is 2.41. The topological polar surface area (TPSA) is 38.0 Å². The van der Waals surface area contributed by atoms with E-state index in [4.69, 9.17) is 17.4 Å². The number of hydrogen-bond donors (Lipinski definition) is 2. The van der Waals surface area contributed by atoms with Crippen molar-refractivity contribution >= 4 is 27.5 Å². The zero-order valence-electron chi connectivity index (χ0n) is 10.0. The van der Waals surface area contributed by atoms with Gasteiger partial charge in [-0.15, -0.1) is 0 Å². The smallest absolute Gasteiger partial charge is 0.126 e. The Bertz CT molecular complexity index is 577. The van der Waals surface area contributed by atoms with Gasteiger partial charge < -0.3 is 0 Å². The molecule has 100 valence electrons. The Kier molecular flexibility index (Phi) is 4.93. The van der Waals surface area contributed by atoms with Crippen molar-refractivity contribution in [3.05, 3.63) is 68.9 Å². The van der Waals surface area contributed by atoms with Crippen molar-refractivity contribution in [1.29, 1.82) is 0 Å². The first kappa shape index (κ1) is 14.5. The van der Waals surface area contributed by atoms with Crippen LogP contribution in [0.4, 0.5) is 4.39 Å². The summed E-state index contributed by atoms with van der Waals surface area (Å²) in [5.41, 5.74) is 4.28. The average molecular weight is 344 g/mol. The first-order valence-corrected chi connectivity index (χ1v) is 6.93. The van der Waals surface area contributed by atoms with Crippen LogP contribution in [0.1, 0.15) is 17.2 Å². The summed E-state index contributed by atoms with van der Waals surface area (Å²) in [6.45, 7) is 0. The van der Waals surface area contributed by atoms with Gasteiger partial charge in [0.2, 0.25) is 0 Å². The van der Waals surface area contributed by atoms with Gasteiger partial charge >= 0.3 is 0 Å². The van der Waals surface area contributed by atoms with Crippen LogP contribution >= 0.6 is 27.5 Å². The number of rotatable bonds is 4. The van der Waals surface area contributed by atoms with Gasteiger partial charge in [-0.2, -0.15) is 0 Å². The molecule has 0 aliphatic heterocycles. The van der Waals surface area contributed by atoms with E-state index in [0.717, 1.165) is 10.0 Å². The van der Waals surface area contributed by atoms with E-state index in [-0.39, 0.29) is 11.9 Å². The van der Waals surface area contributed by atoms with Crippen LogP contribution < -0.4 is 11.3 Å². The molecule has 3 N–H and O–H groups in total. The number of benzene rings is 2. The maximum atomic E-state index is 13.6. The molecule has 2 nitrogen and oxygen atoms in total. The van der Waals surface area contributed by atoms with Gasteiger partial charge in [-0.25, -0.2) is 4.39 Å². The lowest BCUT2D eigenvalue weighted by molar-refractivity contribution is 0.529. The van der Waals surface area contributed by atoms with Crippen molar-refractivity contribution in [2.24, 2.45) is 5.84 Å². The minimum atomic E-state index is -0.226. The molecule has 2 aromatic rings. The fourth-order valence-electron chi connectivity index (χ4n) is 1.89. The lowest BCUT2D eigenvalue weighted by atomic mass is 9.99. The van der Waals surface area contributed by atoms with Crippen LogP contribution in [0.15, 0.2) is 46.9 Å². The highest BCUT2D eigenvalue weighted by atomic mass is 79.9. The van der Waals surface area contributed by atoms with E-state index in [1.807, 2.05) is 18.2 Å². The van der Waals surface area contributed by atoms with Gasteiger partial charge in [0.15, 0.2) is 0 Å². The first-order chi connectivity index (χ1) is 9.11. The molecule has 0 saturated carbocycles. The second-order valence-electron chi connectivity index (χ2n) is 4.19. The van der Waals surface area contributed by atoms with Crippen molar-refractivity contribution in [3.8, 4) is 0 Å². The summed E-state index contributed by atoms with van der Waals surface area (Å²) >= 11 is 9.32. The van der Waals surface area contributed by atoms with Gasteiger partial charge in [0.25, 0.3) is 0 Å². The summed E-state index contributed by atoms with van der Waals surface area (Å²) in [6, 6.07) is 12.0. The summed E-state index contributed by atoms with van der Waals surface area (Å²) in [5, 5.41) is 0.630. The van der Waals surface area contributed by atoms with Crippen LogP contribution in [0.2, 0.25) is 5.02 Å². The van der Waals surface area contributed by atoms with Crippen molar-refractivity contribution in [2.75, 3.05) is 0 Å². The third kappa shape index (κ3) is 3.54. The molecule has 0 radical (unpaired) electrons.